The zero-order valence-corrected chi connectivity index (χ0v) is 17.3. The highest BCUT2D eigenvalue weighted by atomic mass is 79.9. The van der Waals surface area contributed by atoms with Gasteiger partial charge in [-0.25, -0.2) is 4.98 Å². The highest BCUT2D eigenvalue weighted by Gasteiger charge is 2.13. The molecule has 4 rings (SSSR count). The number of carbonyl (C=O) groups is 1. The van der Waals surface area contributed by atoms with E-state index in [-0.39, 0.29) is 24.6 Å². The molecule has 0 saturated heterocycles. The van der Waals surface area contributed by atoms with Crippen molar-refractivity contribution in [3.8, 4) is 5.75 Å². The van der Waals surface area contributed by atoms with Gasteiger partial charge in [0.15, 0.2) is 6.61 Å². The van der Waals surface area contributed by atoms with E-state index in [2.05, 4.69) is 25.9 Å². The van der Waals surface area contributed by atoms with Crippen LogP contribution < -0.4 is 10.3 Å². The van der Waals surface area contributed by atoms with Crippen LogP contribution in [0.5, 0.6) is 5.75 Å². The first kappa shape index (κ1) is 18.6. The summed E-state index contributed by atoms with van der Waals surface area (Å²) in [6, 6.07) is 13.5. The Morgan fingerprint density at radius 1 is 1.21 bits per heavy atom. The number of aromatic amines is 1. The van der Waals surface area contributed by atoms with Gasteiger partial charge in [-0.05, 0) is 46.5 Å². The van der Waals surface area contributed by atoms with E-state index in [1.807, 2.05) is 41.8 Å². The van der Waals surface area contributed by atoms with Crippen molar-refractivity contribution >= 4 is 54.2 Å². The van der Waals surface area contributed by atoms with Gasteiger partial charge < -0.3 is 14.6 Å². The van der Waals surface area contributed by atoms with Crippen molar-refractivity contribution in [2.24, 2.45) is 0 Å². The maximum Gasteiger partial charge on any atom is 0.268 e. The van der Waals surface area contributed by atoms with E-state index >= 15 is 0 Å². The molecule has 0 aliphatic heterocycles. The molecule has 0 radical (unpaired) electrons. The molecule has 0 spiro atoms. The highest BCUT2D eigenvalue weighted by molar-refractivity contribution is 9.10. The third-order valence-electron chi connectivity index (χ3n) is 4.31. The number of fused-ring (bicyclic) bond motifs is 2. The summed E-state index contributed by atoms with van der Waals surface area (Å²) in [7, 11) is 1.65. The number of halogens is 1. The molecule has 0 unspecified atom stereocenters. The molecule has 8 heteroatoms. The number of H-pyrrole nitrogens is 1. The molecule has 2 heterocycles. The molecular formula is C20H16BrN3O3S. The number of nitrogens with zero attached hydrogens (tertiary/aromatic N) is 2. The summed E-state index contributed by atoms with van der Waals surface area (Å²) in [5.74, 6) is 0.870. The van der Waals surface area contributed by atoms with Crippen molar-refractivity contribution in [3.05, 3.63) is 68.5 Å². The number of likely N-dealkylation sites (N-methyl/N-ethyl adjacent to an activating group) is 1. The van der Waals surface area contributed by atoms with Gasteiger partial charge in [-0.2, -0.15) is 0 Å². The number of benzene rings is 2. The number of aromatic nitrogens is 2. The summed E-state index contributed by atoms with van der Waals surface area (Å²) in [5, 5.41) is 3.94. The SMILES string of the molecule is CN(Cc1nc2ccsc2c(=O)[nH]1)C(=O)COc1ccc2cc(Br)ccc2c1. The Labute approximate surface area is 172 Å². The van der Waals surface area contributed by atoms with Crippen LogP contribution >= 0.6 is 27.3 Å². The van der Waals surface area contributed by atoms with Crippen molar-refractivity contribution in [3.63, 3.8) is 0 Å². The van der Waals surface area contributed by atoms with Crippen molar-refractivity contribution in [2.75, 3.05) is 13.7 Å². The van der Waals surface area contributed by atoms with Gasteiger partial charge in [0.25, 0.3) is 11.5 Å². The number of amides is 1. The molecule has 28 heavy (non-hydrogen) atoms. The van der Waals surface area contributed by atoms with Crippen LogP contribution in [0.15, 0.2) is 57.1 Å². The van der Waals surface area contributed by atoms with Crippen LogP contribution in [-0.2, 0) is 11.3 Å². The van der Waals surface area contributed by atoms with Crippen LogP contribution in [0.1, 0.15) is 5.82 Å². The Bertz CT molecular complexity index is 1230. The first-order valence-corrected chi connectivity index (χ1v) is 10.2. The smallest absolute Gasteiger partial charge is 0.268 e. The van der Waals surface area contributed by atoms with E-state index in [4.69, 9.17) is 4.74 Å². The molecule has 1 amide bonds. The summed E-state index contributed by atoms with van der Waals surface area (Å²) >= 11 is 4.80. The van der Waals surface area contributed by atoms with Gasteiger partial charge in [0.2, 0.25) is 0 Å². The Morgan fingerprint density at radius 3 is 2.86 bits per heavy atom. The second-order valence-corrected chi connectivity index (χ2v) is 8.17. The van der Waals surface area contributed by atoms with Crippen LogP contribution in [0.4, 0.5) is 0 Å². The summed E-state index contributed by atoms with van der Waals surface area (Å²) < 4.78 is 7.25. The standard InChI is InChI=1S/C20H16BrN3O3S/c1-24(10-17-22-16-6-7-28-19(16)20(26)23-17)18(25)11-27-15-5-3-12-8-14(21)4-2-13(12)9-15/h2-9H,10-11H2,1H3,(H,22,23,26). The monoisotopic (exact) mass is 457 g/mol. The fourth-order valence-electron chi connectivity index (χ4n) is 2.85. The lowest BCUT2D eigenvalue weighted by atomic mass is 10.1. The lowest BCUT2D eigenvalue weighted by molar-refractivity contribution is -0.132. The van der Waals surface area contributed by atoms with Gasteiger partial charge >= 0.3 is 0 Å². The van der Waals surface area contributed by atoms with Crippen molar-refractivity contribution in [2.45, 2.75) is 6.54 Å². The van der Waals surface area contributed by atoms with Crippen LogP contribution in [-0.4, -0.2) is 34.4 Å². The molecule has 2 aromatic carbocycles. The summed E-state index contributed by atoms with van der Waals surface area (Å²) in [4.78, 5) is 33.0. The highest BCUT2D eigenvalue weighted by Crippen LogP contribution is 2.24. The number of hydrogen-bond acceptors (Lipinski definition) is 5. The van der Waals surface area contributed by atoms with Gasteiger partial charge in [0, 0.05) is 11.5 Å². The number of nitrogens with one attached hydrogen (secondary N) is 1. The Hall–Kier alpha value is -2.71. The van der Waals surface area contributed by atoms with Gasteiger partial charge in [-0.1, -0.05) is 28.1 Å². The maximum absolute atomic E-state index is 12.4. The van der Waals surface area contributed by atoms with E-state index in [0.29, 0.717) is 21.8 Å². The fourth-order valence-corrected chi connectivity index (χ4v) is 3.95. The number of ether oxygens (including phenoxy) is 1. The summed E-state index contributed by atoms with van der Waals surface area (Å²) in [6.45, 7) is 0.110. The predicted molar refractivity (Wildman–Crippen MR) is 114 cm³/mol. The Kier molecular flexibility index (Phi) is 5.15. The Morgan fingerprint density at radius 2 is 2.00 bits per heavy atom. The third kappa shape index (κ3) is 3.93. The number of hydrogen-bond donors (Lipinski definition) is 1. The Balaban J connectivity index is 1.41. The quantitative estimate of drug-likeness (QED) is 0.492. The molecule has 0 aliphatic carbocycles. The van der Waals surface area contributed by atoms with E-state index in [9.17, 15) is 9.59 Å². The van der Waals surface area contributed by atoms with Crippen molar-refractivity contribution in [1.29, 1.82) is 0 Å². The van der Waals surface area contributed by atoms with Crippen molar-refractivity contribution < 1.29 is 9.53 Å². The lowest BCUT2D eigenvalue weighted by Gasteiger charge is -2.17. The maximum atomic E-state index is 12.4. The molecule has 142 valence electrons. The lowest BCUT2D eigenvalue weighted by Crippen LogP contribution is -2.32. The summed E-state index contributed by atoms with van der Waals surface area (Å²) in [5.41, 5.74) is 0.457. The zero-order chi connectivity index (χ0) is 19.7. The van der Waals surface area contributed by atoms with E-state index in [0.717, 1.165) is 15.2 Å². The van der Waals surface area contributed by atoms with Crippen LogP contribution in [0.2, 0.25) is 0 Å². The largest absolute Gasteiger partial charge is 0.484 e. The van der Waals surface area contributed by atoms with Crippen molar-refractivity contribution in [1.82, 2.24) is 14.9 Å². The first-order chi connectivity index (χ1) is 13.5. The van der Waals surface area contributed by atoms with Crippen LogP contribution in [0, 0.1) is 0 Å². The molecule has 0 atom stereocenters. The van der Waals surface area contributed by atoms with Gasteiger partial charge in [-0.15, -0.1) is 11.3 Å². The van der Waals surface area contributed by atoms with Gasteiger partial charge in [0.1, 0.15) is 16.3 Å². The second-order valence-electron chi connectivity index (χ2n) is 6.34. The normalized spacial score (nSPS) is 11.1. The van der Waals surface area contributed by atoms with Gasteiger partial charge in [-0.3, -0.25) is 9.59 Å². The molecule has 0 bridgehead atoms. The number of rotatable bonds is 5. The molecule has 0 aliphatic rings. The van der Waals surface area contributed by atoms with E-state index < -0.39 is 0 Å². The first-order valence-electron chi connectivity index (χ1n) is 8.52. The predicted octanol–water partition coefficient (Wildman–Crippen LogP) is 3.94. The third-order valence-corrected chi connectivity index (χ3v) is 5.71. The van der Waals surface area contributed by atoms with Gasteiger partial charge in [0.05, 0.1) is 12.1 Å². The number of carbonyl (C=O) groups excluding carboxylic acids is 1. The molecule has 0 fully saturated rings. The minimum absolute atomic E-state index is 0.0938. The average molecular weight is 458 g/mol. The average Bonchev–Trinajstić information content (AvgIpc) is 3.15. The molecule has 0 saturated carbocycles. The molecular weight excluding hydrogens is 442 g/mol. The minimum atomic E-state index is -0.205. The topological polar surface area (TPSA) is 75.3 Å². The minimum Gasteiger partial charge on any atom is -0.484 e. The molecule has 6 nitrogen and oxygen atoms in total. The van der Waals surface area contributed by atoms with Crippen LogP contribution in [0.25, 0.3) is 21.0 Å². The molecule has 4 aromatic rings. The second kappa shape index (κ2) is 7.73. The summed E-state index contributed by atoms with van der Waals surface area (Å²) in [6.07, 6.45) is 0. The van der Waals surface area contributed by atoms with E-state index in [1.54, 1.807) is 13.1 Å². The van der Waals surface area contributed by atoms with E-state index in [1.165, 1.54) is 16.2 Å². The van der Waals surface area contributed by atoms with Crippen LogP contribution in [0.3, 0.4) is 0 Å². The zero-order valence-electron chi connectivity index (χ0n) is 14.9. The number of thiophene rings is 1. The molecule has 1 N–H and O–H groups in total. The molecule has 2 aromatic heterocycles. The fraction of sp³-hybridized carbons (Fsp3) is 0.150.